The second-order valence-electron chi connectivity index (χ2n) is 3.32. The molecule has 0 unspecified atom stereocenters. The number of halogens is 1. The van der Waals surface area contributed by atoms with Crippen LogP contribution in [0.15, 0.2) is 36.5 Å². The third-order valence-electron chi connectivity index (χ3n) is 2.18. The summed E-state index contributed by atoms with van der Waals surface area (Å²) in [6.45, 7) is 0.750. The molecule has 0 aliphatic carbocycles. The highest BCUT2D eigenvalue weighted by Crippen LogP contribution is 2.12. The zero-order valence-corrected chi connectivity index (χ0v) is 9.20. The molecule has 15 heavy (non-hydrogen) atoms. The summed E-state index contributed by atoms with van der Waals surface area (Å²) in [5.74, 6) is 0.995. The minimum Gasteiger partial charge on any atom is -0.366 e. The highest BCUT2D eigenvalue weighted by atomic mass is 35.5. The van der Waals surface area contributed by atoms with E-state index in [1.165, 1.54) is 0 Å². The lowest BCUT2D eigenvalue weighted by molar-refractivity contribution is 0.769. The number of nitrogens with one attached hydrogen (secondary N) is 1. The van der Waals surface area contributed by atoms with E-state index < -0.39 is 0 Å². The molecule has 0 spiro atoms. The number of nitrogens with zero attached hydrogens (tertiary/aromatic N) is 2. The van der Waals surface area contributed by atoms with E-state index in [-0.39, 0.29) is 0 Å². The first-order valence-corrected chi connectivity index (χ1v) is 5.10. The predicted octanol–water partition coefficient (Wildman–Crippen LogP) is 2.69. The number of aryl methyl sites for hydroxylation is 1. The van der Waals surface area contributed by atoms with Crippen molar-refractivity contribution in [3.05, 3.63) is 47.1 Å². The summed E-state index contributed by atoms with van der Waals surface area (Å²) in [7, 11) is 1.90. The number of hydrogen-bond acceptors (Lipinski definition) is 2. The van der Waals surface area contributed by atoms with Gasteiger partial charge >= 0.3 is 0 Å². The Labute approximate surface area is 93.7 Å². The predicted molar refractivity (Wildman–Crippen MR) is 62.0 cm³/mol. The number of benzene rings is 1. The zero-order chi connectivity index (χ0) is 10.7. The van der Waals surface area contributed by atoms with Crippen molar-refractivity contribution in [3.8, 4) is 0 Å². The molecule has 0 saturated heterocycles. The normalized spacial score (nSPS) is 10.3. The summed E-state index contributed by atoms with van der Waals surface area (Å²) < 4.78 is 1.80. The van der Waals surface area contributed by atoms with Crippen LogP contribution < -0.4 is 5.32 Å². The number of rotatable bonds is 3. The molecule has 0 saturated carbocycles. The summed E-state index contributed by atoms with van der Waals surface area (Å²) >= 11 is 5.89. The van der Waals surface area contributed by atoms with E-state index in [1.807, 2.05) is 37.4 Å². The van der Waals surface area contributed by atoms with Gasteiger partial charge in [0.2, 0.25) is 0 Å². The second-order valence-corrected chi connectivity index (χ2v) is 3.76. The SMILES string of the molecule is Cn1nccc1NCc1cccc(Cl)c1. The van der Waals surface area contributed by atoms with E-state index in [0.717, 1.165) is 22.9 Å². The molecule has 0 radical (unpaired) electrons. The van der Waals surface area contributed by atoms with Gasteiger partial charge in [-0.05, 0) is 17.7 Å². The van der Waals surface area contributed by atoms with Gasteiger partial charge in [0.25, 0.3) is 0 Å². The van der Waals surface area contributed by atoms with Crippen molar-refractivity contribution in [2.75, 3.05) is 5.32 Å². The van der Waals surface area contributed by atoms with Gasteiger partial charge in [-0.1, -0.05) is 23.7 Å². The Kier molecular flexibility index (Phi) is 2.92. The summed E-state index contributed by atoms with van der Waals surface area (Å²) in [5.41, 5.74) is 1.16. The van der Waals surface area contributed by atoms with Gasteiger partial charge in [-0.15, -0.1) is 0 Å². The van der Waals surface area contributed by atoms with Gasteiger partial charge in [0, 0.05) is 24.7 Å². The van der Waals surface area contributed by atoms with Crippen LogP contribution in [0, 0.1) is 0 Å². The molecule has 2 aromatic rings. The topological polar surface area (TPSA) is 29.9 Å². The molecule has 78 valence electrons. The summed E-state index contributed by atoms with van der Waals surface area (Å²) in [6.07, 6.45) is 1.76. The minimum atomic E-state index is 0.750. The van der Waals surface area contributed by atoms with E-state index in [2.05, 4.69) is 10.4 Å². The van der Waals surface area contributed by atoms with Crippen molar-refractivity contribution in [3.63, 3.8) is 0 Å². The molecule has 0 aliphatic heterocycles. The maximum absolute atomic E-state index is 5.89. The summed E-state index contributed by atoms with van der Waals surface area (Å²) in [6, 6.07) is 9.74. The molecule has 4 heteroatoms. The van der Waals surface area contributed by atoms with Crippen molar-refractivity contribution in [1.29, 1.82) is 0 Å². The molecule has 0 fully saturated rings. The van der Waals surface area contributed by atoms with Crippen molar-refractivity contribution in [2.24, 2.45) is 7.05 Å². The van der Waals surface area contributed by atoms with Gasteiger partial charge in [0.05, 0.1) is 6.20 Å². The summed E-state index contributed by atoms with van der Waals surface area (Å²) in [5, 5.41) is 8.12. The monoisotopic (exact) mass is 221 g/mol. The molecule has 1 aromatic carbocycles. The first-order valence-electron chi connectivity index (χ1n) is 4.72. The fourth-order valence-electron chi connectivity index (χ4n) is 1.39. The lowest BCUT2D eigenvalue weighted by atomic mass is 10.2. The Morgan fingerprint density at radius 3 is 2.93 bits per heavy atom. The average Bonchev–Trinajstić information content (AvgIpc) is 2.61. The molecule has 3 nitrogen and oxygen atoms in total. The fourth-order valence-corrected chi connectivity index (χ4v) is 1.60. The van der Waals surface area contributed by atoms with Gasteiger partial charge in [0.15, 0.2) is 0 Å². The van der Waals surface area contributed by atoms with E-state index in [9.17, 15) is 0 Å². The molecule has 0 bridgehead atoms. The van der Waals surface area contributed by atoms with Gasteiger partial charge in [-0.3, -0.25) is 4.68 Å². The van der Waals surface area contributed by atoms with Crippen LogP contribution in [0.4, 0.5) is 5.82 Å². The average molecular weight is 222 g/mol. The van der Waals surface area contributed by atoms with Gasteiger partial charge in [-0.25, -0.2) is 0 Å². The van der Waals surface area contributed by atoms with Crippen LogP contribution in [0.1, 0.15) is 5.56 Å². The standard InChI is InChI=1S/C11H12ClN3/c1-15-11(5-6-14-15)13-8-9-3-2-4-10(12)7-9/h2-7,13H,8H2,1H3. The molecule has 0 aliphatic rings. The molecule has 0 amide bonds. The maximum atomic E-state index is 5.89. The molecule has 1 heterocycles. The van der Waals surface area contributed by atoms with Crippen LogP contribution >= 0.6 is 11.6 Å². The molecule has 0 atom stereocenters. The fraction of sp³-hybridized carbons (Fsp3) is 0.182. The first-order chi connectivity index (χ1) is 7.25. The highest BCUT2D eigenvalue weighted by Gasteiger charge is 1.98. The Morgan fingerprint density at radius 1 is 1.40 bits per heavy atom. The minimum absolute atomic E-state index is 0.750. The molecule has 1 aromatic heterocycles. The van der Waals surface area contributed by atoms with Crippen LogP contribution in [0.3, 0.4) is 0 Å². The molecule has 1 N–H and O–H groups in total. The van der Waals surface area contributed by atoms with Crippen molar-refractivity contribution in [1.82, 2.24) is 9.78 Å². The van der Waals surface area contributed by atoms with Crippen LogP contribution in [0.5, 0.6) is 0 Å². The highest BCUT2D eigenvalue weighted by molar-refractivity contribution is 6.30. The largest absolute Gasteiger partial charge is 0.366 e. The van der Waals surface area contributed by atoms with Crippen LogP contribution in [0.2, 0.25) is 5.02 Å². The third-order valence-corrected chi connectivity index (χ3v) is 2.42. The van der Waals surface area contributed by atoms with Crippen molar-refractivity contribution in [2.45, 2.75) is 6.54 Å². The Bertz CT molecular complexity index is 451. The van der Waals surface area contributed by atoms with Crippen LogP contribution in [0.25, 0.3) is 0 Å². The van der Waals surface area contributed by atoms with Gasteiger partial charge in [-0.2, -0.15) is 5.10 Å². The lowest BCUT2D eigenvalue weighted by Gasteiger charge is -2.06. The van der Waals surface area contributed by atoms with Crippen molar-refractivity contribution < 1.29 is 0 Å². The summed E-state index contributed by atoms with van der Waals surface area (Å²) in [4.78, 5) is 0. The van der Waals surface area contributed by atoms with Gasteiger partial charge < -0.3 is 5.32 Å². The number of anilines is 1. The molecular formula is C11H12ClN3. The lowest BCUT2D eigenvalue weighted by Crippen LogP contribution is -2.04. The quantitative estimate of drug-likeness (QED) is 0.864. The Hall–Kier alpha value is -1.48. The van der Waals surface area contributed by atoms with Crippen LogP contribution in [-0.4, -0.2) is 9.78 Å². The molecule has 2 rings (SSSR count). The second kappa shape index (κ2) is 4.36. The molecular weight excluding hydrogens is 210 g/mol. The van der Waals surface area contributed by atoms with E-state index in [1.54, 1.807) is 10.9 Å². The zero-order valence-electron chi connectivity index (χ0n) is 8.44. The maximum Gasteiger partial charge on any atom is 0.124 e. The number of aromatic nitrogens is 2. The Balaban J connectivity index is 2.02. The smallest absolute Gasteiger partial charge is 0.124 e. The van der Waals surface area contributed by atoms with Crippen LogP contribution in [-0.2, 0) is 13.6 Å². The van der Waals surface area contributed by atoms with Gasteiger partial charge in [0.1, 0.15) is 5.82 Å². The first kappa shape index (κ1) is 10.1. The van der Waals surface area contributed by atoms with E-state index >= 15 is 0 Å². The number of hydrogen-bond donors (Lipinski definition) is 1. The van der Waals surface area contributed by atoms with E-state index in [4.69, 9.17) is 11.6 Å². The van der Waals surface area contributed by atoms with Crippen molar-refractivity contribution >= 4 is 17.4 Å². The van der Waals surface area contributed by atoms with E-state index in [0.29, 0.717) is 0 Å². The third kappa shape index (κ3) is 2.50. The Morgan fingerprint density at radius 2 is 2.27 bits per heavy atom.